The molecule has 0 aromatic carbocycles. The lowest BCUT2D eigenvalue weighted by Crippen LogP contribution is -2.37. The Bertz CT molecular complexity index is 726. The molecule has 0 fully saturated rings. The van der Waals surface area contributed by atoms with Gasteiger partial charge in [0.1, 0.15) is 0 Å². The minimum absolute atomic E-state index is 0.134. The Labute approximate surface area is 262 Å². The standard InChI is InChI=1S/C38H71NO3/c1-7-9-10-11-12-13-14-15-16-17-18-19-20-21-22-23-24-25-26-34(37(41)42-29-8-2)30-36(40)35-32-39(31-33(3)4)28-27-38(35,5)6/h32-34H,7-31H2,1-6H3. The van der Waals surface area contributed by atoms with Crippen LogP contribution in [0.2, 0.25) is 0 Å². The van der Waals surface area contributed by atoms with Crippen molar-refractivity contribution >= 4 is 11.8 Å². The van der Waals surface area contributed by atoms with Gasteiger partial charge in [0.2, 0.25) is 0 Å². The van der Waals surface area contributed by atoms with Crippen LogP contribution >= 0.6 is 0 Å². The smallest absolute Gasteiger partial charge is 0.309 e. The molecule has 1 unspecified atom stereocenters. The minimum atomic E-state index is -0.317. The molecular weight excluding hydrogens is 518 g/mol. The van der Waals surface area contributed by atoms with E-state index in [1.807, 2.05) is 6.92 Å². The lowest BCUT2D eigenvalue weighted by atomic mass is 9.75. The quantitative estimate of drug-likeness (QED) is 0.0706. The highest BCUT2D eigenvalue weighted by Crippen LogP contribution is 2.37. The Morgan fingerprint density at radius 3 is 1.69 bits per heavy atom. The number of carbonyl (C=O) groups excluding carboxylic acids is 2. The van der Waals surface area contributed by atoms with Gasteiger partial charge in [-0.3, -0.25) is 9.59 Å². The van der Waals surface area contributed by atoms with Crippen LogP contribution in [0.15, 0.2) is 11.8 Å². The van der Waals surface area contributed by atoms with Gasteiger partial charge in [0.15, 0.2) is 5.78 Å². The maximum absolute atomic E-state index is 13.5. The van der Waals surface area contributed by atoms with Crippen molar-refractivity contribution in [3.8, 4) is 0 Å². The summed E-state index contributed by atoms with van der Waals surface area (Å²) in [5, 5.41) is 0. The van der Waals surface area contributed by atoms with E-state index in [2.05, 4.69) is 45.7 Å². The molecular formula is C38H71NO3. The highest BCUT2D eigenvalue weighted by molar-refractivity contribution is 5.98. The molecule has 4 nitrogen and oxygen atoms in total. The largest absolute Gasteiger partial charge is 0.465 e. The van der Waals surface area contributed by atoms with Crippen LogP contribution in [0.1, 0.15) is 183 Å². The van der Waals surface area contributed by atoms with Gasteiger partial charge in [-0.25, -0.2) is 0 Å². The molecule has 0 saturated heterocycles. The van der Waals surface area contributed by atoms with Crippen molar-refractivity contribution < 1.29 is 14.3 Å². The molecule has 0 amide bonds. The molecule has 0 bridgehead atoms. The highest BCUT2D eigenvalue weighted by Gasteiger charge is 2.35. The minimum Gasteiger partial charge on any atom is -0.465 e. The number of ketones is 1. The van der Waals surface area contributed by atoms with E-state index in [9.17, 15) is 9.59 Å². The number of unbranched alkanes of at least 4 members (excludes halogenated alkanes) is 17. The van der Waals surface area contributed by atoms with Crippen molar-refractivity contribution in [2.24, 2.45) is 17.3 Å². The van der Waals surface area contributed by atoms with Gasteiger partial charge in [0.25, 0.3) is 0 Å². The third kappa shape index (κ3) is 18.4. The van der Waals surface area contributed by atoms with Gasteiger partial charge < -0.3 is 9.64 Å². The summed E-state index contributed by atoms with van der Waals surface area (Å²) in [6, 6.07) is 0. The fourth-order valence-electron chi connectivity index (χ4n) is 6.29. The Kier molecular flexibility index (Phi) is 22.2. The normalized spacial score (nSPS) is 15.6. The predicted octanol–water partition coefficient (Wildman–Crippen LogP) is 11.2. The van der Waals surface area contributed by atoms with Gasteiger partial charge >= 0.3 is 5.97 Å². The van der Waals surface area contributed by atoms with Gasteiger partial charge in [0, 0.05) is 31.3 Å². The molecule has 1 aliphatic heterocycles. The summed E-state index contributed by atoms with van der Waals surface area (Å²) in [6.45, 7) is 15.5. The molecule has 0 aromatic heterocycles. The van der Waals surface area contributed by atoms with E-state index in [0.717, 1.165) is 50.8 Å². The molecule has 1 rings (SSSR count). The number of Topliss-reactive ketones (excluding diaryl/α,β-unsaturated/α-hetero) is 1. The Hall–Kier alpha value is -1.32. The number of hydrogen-bond acceptors (Lipinski definition) is 4. The van der Waals surface area contributed by atoms with Crippen molar-refractivity contribution in [1.82, 2.24) is 4.90 Å². The van der Waals surface area contributed by atoms with Crippen molar-refractivity contribution in [2.45, 2.75) is 183 Å². The van der Waals surface area contributed by atoms with Crippen LogP contribution in [-0.4, -0.2) is 36.3 Å². The number of rotatable bonds is 27. The number of carbonyl (C=O) groups is 2. The molecule has 0 aliphatic carbocycles. The van der Waals surface area contributed by atoms with Crippen molar-refractivity contribution in [2.75, 3.05) is 19.7 Å². The first kappa shape index (κ1) is 38.7. The van der Waals surface area contributed by atoms with Crippen molar-refractivity contribution in [3.63, 3.8) is 0 Å². The first-order chi connectivity index (χ1) is 20.2. The summed E-state index contributed by atoms with van der Waals surface area (Å²) in [4.78, 5) is 28.7. The monoisotopic (exact) mass is 590 g/mol. The lowest BCUT2D eigenvalue weighted by molar-refractivity contribution is -0.150. The second kappa shape index (κ2) is 24.1. The van der Waals surface area contributed by atoms with Crippen LogP contribution in [0.25, 0.3) is 0 Å². The Morgan fingerprint density at radius 1 is 0.762 bits per heavy atom. The summed E-state index contributed by atoms with van der Waals surface area (Å²) < 4.78 is 5.53. The fourth-order valence-corrected chi connectivity index (χ4v) is 6.29. The summed E-state index contributed by atoms with van der Waals surface area (Å²) in [6.07, 6.45) is 29.2. The van der Waals surface area contributed by atoms with Crippen LogP contribution in [0.3, 0.4) is 0 Å². The highest BCUT2D eigenvalue weighted by atomic mass is 16.5. The van der Waals surface area contributed by atoms with Gasteiger partial charge in [-0.05, 0) is 30.6 Å². The molecule has 246 valence electrons. The number of esters is 1. The molecule has 1 aliphatic rings. The molecule has 0 saturated carbocycles. The van der Waals surface area contributed by atoms with Crippen LogP contribution in [0.5, 0.6) is 0 Å². The zero-order valence-electron chi connectivity index (χ0n) is 29.1. The molecule has 0 N–H and O–H groups in total. The van der Waals surface area contributed by atoms with E-state index in [0.29, 0.717) is 12.5 Å². The third-order valence-corrected chi connectivity index (χ3v) is 9.08. The maximum Gasteiger partial charge on any atom is 0.309 e. The summed E-state index contributed by atoms with van der Waals surface area (Å²) in [5.41, 5.74) is 0.746. The maximum atomic E-state index is 13.5. The molecule has 4 heteroatoms. The zero-order valence-corrected chi connectivity index (χ0v) is 29.1. The van der Waals surface area contributed by atoms with E-state index in [1.165, 1.54) is 103 Å². The number of ether oxygens (including phenoxy) is 1. The third-order valence-electron chi connectivity index (χ3n) is 9.08. The van der Waals surface area contributed by atoms with Crippen LogP contribution in [0.4, 0.5) is 0 Å². The molecule has 1 atom stereocenters. The van der Waals surface area contributed by atoms with E-state index in [4.69, 9.17) is 4.74 Å². The van der Waals surface area contributed by atoms with Crippen molar-refractivity contribution in [1.29, 1.82) is 0 Å². The predicted molar refractivity (Wildman–Crippen MR) is 181 cm³/mol. The second-order valence-electron chi connectivity index (χ2n) is 14.4. The Balaban J connectivity index is 2.28. The topological polar surface area (TPSA) is 46.6 Å². The fraction of sp³-hybridized carbons (Fsp3) is 0.895. The number of allylic oxidation sites excluding steroid dienone is 1. The molecule has 0 radical (unpaired) electrons. The van der Waals surface area contributed by atoms with Crippen LogP contribution in [0, 0.1) is 17.3 Å². The molecule has 1 heterocycles. The summed E-state index contributed by atoms with van der Waals surface area (Å²) in [7, 11) is 0. The van der Waals surface area contributed by atoms with E-state index >= 15 is 0 Å². The van der Waals surface area contributed by atoms with Gasteiger partial charge in [-0.15, -0.1) is 0 Å². The molecule has 42 heavy (non-hydrogen) atoms. The second-order valence-corrected chi connectivity index (χ2v) is 14.4. The Morgan fingerprint density at radius 2 is 1.24 bits per heavy atom. The van der Waals surface area contributed by atoms with Gasteiger partial charge in [-0.1, -0.05) is 157 Å². The average molecular weight is 590 g/mol. The van der Waals surface area contributed by atoms with E-state index in [1.54, 1.807) is 0 Å². The number of hydrogen-bond donors (Lipinski definition) is 0. The summed E-state index contributed by atoms with van der Waals surface area (Å²) in [5.74, 6) is 0.196. The molecule has 0 spiro atoms. The summed E-state index contributed by atoms with van der Waals surface area (Å²) >= 11 is 0. The van der Waals surface area contributed by atoms with E-state index < -0.39 is 0 Å². The average Bonchev–Trinajstić information content (AvgIpc) is 2.95. The SMILES string of the molecule is CCCCCCCCCCCCCCCCCCCCC(CC(=O)C1=CN(CC(C)C)CCC1(C)C)C(=O)OCCC. The first-order valence-corrected chi connectivity index (χ1v) is 18.4. The molecule has 0 aromatic rings. The van der Waals surface area contributed by atoms with Crippen molar-refractivity contribution in [3.05, 3.63) is 11.8 Å². The van der Waals surface area contributed by atoms with Crippen LogP contribution in [-0.2, 0) is 14.3 Å². The van der Waals surface area contributed by atoms with Gasteiger partial charge in [-0.2, -0.15) is 0 Å². The first-order valence-electron chi connectivity index (χ1n) is 18.4. The lowest BCUT2D eigenvalue weighted by Gasteiger charge is -2.38. The zero-order chi connectivity index (χ0) is 31.1. The van der Waals surface area contributed by atoms with Crippen LogP contribution < -0.4 is 0 Å². The number of nitrogens with zero attached hydrogens (tertiary/aromatic N) is 1. The van der Waals surface area contributed by atoms with Gasteiger partial charge in [0.05, 0.1) is 12.5 Å². The van der Waals surface area contributed by atoms with E-state index in [-0.39, 0.29) is 29.5 Å².